The third kappa shape index (κ3) is 12.7. The van der Waals surface area contributed by atoms with Crippen molar-refractivity contribution >= 4 is 18.4 Å². The average molecular weight is 438 g/mol. The molecule has 122 valence electrons. The Hall–Kier alpha value is 0.978. The summed E-state index contributed by atoms with van der Waals surface area (Å²) in [6, 6.07) is 0. The fourth-order valence-electron chi connectivity index (χ4n) is 2.12. The first-order valence-corrected chi connectivity index (χ1v) is 18.1. The normalized spacial score (nSPS) is 20.1. The molecule has 0 saturated carbocycles. The van der Waals surface area contributed by atoms with Crippen molar-refractivity contribution < 1.29 is 26.5 Å². The minimum atomic E-state index is -1.69. The van der Waals surface area contributed by atoms with Crippen LogP contribution in [0.3, 0.4) is 0 Å². The van der Waals surface area contributed by atoms with Gasteiger partial charge in [0.25, 0.3) is 0 Å². The van der Waals surface area contributed by atoms with E-state index in [0.29, 0.717) is 0 Å². The zero-order valence-electron chi connectivity index (χ0n) is 13.3. The Bertz CT molecular complexity index is 245. The van der Waals surface area contributed by atoms with Crippen LogP contribution in [0.25, 0.3) is 0 Å². The van der Waals surface area contributed by atoms with Gasteiger partial charge in [-0.2, -0.15) is 0 Å². The number of rotatable bonds is 9. The quantitative estimate of drug-likeness (QED) is 0.295. The molecule has 2 nitrogen and oxygen atoms in total. The maximum atomic E-state index is 5.72. The smallest absolute Gasteiger partial charge is 1.00 e. The molecule has 0 aliphatic carbocycles. The third-order valence-corrected chi connectivity index (χ3v) is 6.25. The van der Waals surface area contributed by atoms with Crippen LogP contribution in [0.2, 0.25) is 14.8 Å². The van der Waals surface area contributed by atoms with Gasteiger partial charge in [0, 0.05) is 0 Å². The molecule has 1 fully saturated rings. The number of hydrogen-bond acceptors (Lipinski definition) is 2. The van der Waals surface area contributed by atoms with Gasteiger partial charge in [-0.25, -0.2) is 0 Å². The minimum Gasteiger partial charge on any atom is 1.00 e. The van der Waals surface area contributed by atoms with Gasteiger partial charge in [0.2, 0.25) is 0 Å². The Labute approximate surface area is 140 Å². The SMILES string of the molecule is [CH3][Sn]([CH3])([CH3])[CH]=[C-]CCCCCCOC1CCCCO1.[Cu+]. The molecule has 1 saturated heterocycles. The fourth-order valence-corrected chi connectivity index (χ4v) is 4.28. The number of ether oxygens (including phenoxy) is 2. The van der Waals surface area contributed by atoms with Crippen LogP contribution < -0.4 is 0 Å². The largest absolute Gasteiger partial charge is 1.00 e. The van der Waals surface area contributed by atoms with E-state index in [2.05, 4.69) is 25.0 Å². The van der Waals surface area contributed by atoms with E-state index in [1.54, 1.807) is 0 Å². The molecule has 0 N–H and O–H groups in total. The van der Waals surface area contributed by atoms with Crippen LogP contribution >= 0.6 is 0 Å². The van der Waals surface area contributed by atoms with Crippen molar-refractivity contribution in [2.24, 2.45) is 0 Å². The number of allylic oxidation sites excluding steroid dienone is 1. The first kappa shape index (κ1) is 21.0. The Balaban J connectivity index is 0.00000361. The van der Waals surface area contributed by atoms with E-state index >= 15 is 0 Å². The summed E-state index contributed by atoms with van der Waals surface area (Å²) in [5.74, 6) is 0. The summed E-state index contributed by atoms with van der Waals surface area (Å²) in [5, 5.41) is 0. The zero-order valence-corrected chi connectivity index (χ0v) is 17.1. The molecule has 0 aromatic heterocycles. The van der Waals surface area contributed by atoms with Crippen LogP contribution in [-0.2, 0) is 26.5 Å². The summed E-state index contributed by atoms with van der Waals surface area (Å²) in [6.07, 6.45) is 13.3. The molecular weight excluding hydrogens is 406 g/mol. The molecule has 0 radical (unpaired) electrons. The van der Waals surface area contributed by atoms with E-state index in [4.69, 9.17) is 9.47 Å². The fraction of sp³-hybridized carbons (Fsp3) is 0.875. The Kier molecular flexibility index (Phi) is 13.1. The van der Waals surface area contributed by atoms with Gasteiger partial charge in [-0.15, -0.1) is 0 Å². The monoisotopic (exact) mass is 438 g/mol. The summed E-state index contributed by atoms with van der Waals surface area (Å²) in [4.78, 5) is 7.27. The van der Waals surface area contributed by atoms with Crippen LogP contribution in [-0.4, -0.2) is 37.9 Å². The predicted molar refractivity (Wildman–Crippen MR) is 83.8 cm³/mol. The van der Waals surface area contributed by atoms with Crippen LogP contribution in [0, 0.1) is 6.08 Å². The first-order valence-electron chi connectivity index (χ1n) is 7.89. The van der Waals surface area contributed by atoms with Gasteiger partial charge in [-0.05, 0) is 6.42 Å². The molecule has 0 spiro atoms. The third-order valence-electron chi connectivity index (χ3n) is 3.19. The molecule has 20 heavy (non-hydrogen) atoms. The Morgan fingerprint density at radius 2 is 1.90 bits per heavy atom. The van der Waals surface area contributed by atoms with Crippen molar-refractivity contribution in [3.8, 4) is 0 Å². The van der Waals surface area contributed by atoms with Gasteiger partial charge in [-0.1, -0.05) is 0 Å². The predicted octanol–water partition coefficient (Wildman–Crippen LogP) is 4.71. The van der Waals surface area contributed by atoms with Gasteiger partial charge in [0.1, 0.15) is 0 Å². The maximum absolute atomic E-state index is 5.72. The van der Waals surface area contributed by atoms with Crippen LogP contribution in [0.1, 0.15) is 51.4 Å². The van der Waals surface area contributed by atoms with E-state index in [1.807, 2.05) is 0 Å². The standard InChI is InChI=1S/C13H22O2.3CH3.Cu.Sn/c1-2-3-4-5-6-8-11-14-13-10-7-9-12-15-13;;;;;/h1,13H,3-12H2;3*1H3;;/q-1;;;;+1;. The van der Waals surface area contributed by atoms with Gasteiger partial charge in [-0.3, -0.25) is 0 Å². The molecule has 0 amide bonds. The molecule has 1 unspecified atom stereocenters. The summed E-state index contributed by atoms with van der Waals surface area (Å²) >= 11 is -1.69. The first-order chi connectivity index (χ1) is 9.08. The summed E-state index contributed by atoms with van der Waals surface area (Å²) in [5.41, 5.74) is 0. The van der Waals surface area contributed by atoms with Gasteiger partial charge >= 0.3 is 134 Å². The molecule has 4 heteroatoms. The minimum absolute atomic E-state index is 0. The maximum Gasteiger partial charge on any atom is 1.00 e. The molecule has 0 bridgehead atoms. The number of unbranched alkanes of at least 4 members (excludes halogenated alkanes) is 4. The molecule has 1 aliphatic rings. The van der Waals surface area contributed by atoms with Crippen molar-refractivity contribution in [2.75, 3.05) is 13.2 Å². The molecule has 0 aromatic rings. The molecule has 1 rings (SSSR count). The summed E-state index contributed by atoms with van der Waals surface area (Å²) in [6.45, 7) is 1.74. The second-order valence-corrected chi connectivity index (χ2v) is 20.9. The van der Waals surface area contributed by atoms with Crippen molar-refractivity contribution in [3.05, 3.63) is 10.2 Å². The number of hydrogen-bond donors (Lipinski definition) is 0. The second-order valence-electron chi connectivity index (χ2n) is 6.55. The molecule has 1 atom stereocenters. The molecule has 1 heterocycles. The second kappa shape index (κ2) is 12.5. The molecular formula is C16H31CuO2Sn. The average Bonchev–Trinajstić information content (AvgIpc) is 2.37. The van der Waals surface area contributed by atoms with Gasteiger partial charge in [0.05, 0.1) is 0 Å². The van der Waals surface area contributed by atoms with Crippen molar-refractivity contribution in [2.45, 2.75) is 72.5 Å². The van der Waals surface area contributed by atoms with Gasteiger partial charge in [0.15, 0.2) is 0 Å². The van der Waals surface area contributed by atoms with Crippen LogP contribution in [0.15, 0.2) is 4.09 Å². The van der Waals surface area contributed by atoms with E-state index in [9.17, 15) is 0 Å². The van der Waals surface area contributed by atoms with E-state index in [-0.39, 0.29) is 23.4 Å². The Morgan fingerprint density at radius 3 is 2.55 bits per heavy atom. The van der Waals surface area contributed by atoms with Crippen LogP contribution in [0.4, 0.5) is 0 Å². The van der Waals surface area contributed by atoms with E-state index < -0.39 is 18.4 Å². The molecule has 0 aromatic carbocycles. The topological polar surface area (TPSA) is 18.5 Å². The van der Waals surface area contributed by atoms with Gasteiger partial charge < -0.3 is 0 Å². The molecule has 1 aliphatic heterocycles. The van der Waals surface area contributed by atoms with Crippen molar-refractivity contribution in [1.29, 1.82) is 0 Å². The van der Waals surface area contributed by atoms with E-state index in [0.717, 1.165) is 26.1 Å². The van der Waals surface area contributed by atoms with Crippen molar-refractivity contribution in [3.63, 3.8) is 0 Å². The summed E-state index contributed by atoms with van der Waals surface area (Å²) < 4.78 is 13.7. The van der Waals surface area contributed by atoms with Crippen molar-refractivity contribution in [1.82, 2.24) is 0 Å². The van der Waals surface area contributed by atoms with E-state index in [1.165, 1.54) is 38.5 Å². The zero-order chi connectivity index (χ0) is 14.0. The van der Waals surface area contributed by atoms with Crippen LogP contribution in [0.5, 0.6) is 0 Å². The summed E-state index contributed by atoms with van der Waals surface area (Å²) in [7, 11) is 0. The Morgan fingerprint density at radius 1 is 1.15 bits per heavy atom.